The molecule has 2 heterocycles. The van der Waals surface area contributed by atoms with E-state index in [1.54, 1.807) is 0 Å². The van der Waals surface area contributed by atoms with Crippen LogP contribution in [0.25, 0.3) is 0 Å². The number of hydrogen-bond donors (Lipinski definition) is 2. The van der Waals surface area contributed by atoms with Crippen molar-refractivity contribution in [3.8, 4) is 0 Å². The van der Waals surface area contributed by atoms with Gasteiger partial charge in [-0.3, -0.25) is 9.59 Å². The Morgan fingerprint density at radius 2 is 2.29 bits per heavy atom. The van der Waals surface area contributed by atoms with Crippen LogP contribution < -0.4 is 11.1 Å². The third kappa shape index (κ3) is 2.43. The lowest BCUT2D eigenvalue weighted by Crippen LogP contribution is -2.19. The van der Waals surface area contributed by atoms with Gasteiger partial charge in [-0.05, 0) is 12.0 Å². The molecule has 17 heavy (non-hydrogen) atoms. The minimum atomic E-state index is -0.533. The first-order chi connectivity index (χ1) is 8.13. The second kappa shape index (κ2) is 5.03. The molecule has 1 aliphatic rings. The maximum atomic E-state index is 11.4. The molecule has 0 spiro atoms. The average Bonchev–Trinajstić information content (AvgIpc) is 2.66. The second-order valence-electron chi connectivity index (χ2n) is 3.56. The molecule has 0 saturated heterocycles. The largest absolute Gasteiger partial charge is 0.376 e. The number of fused-ring (bicyclic) bond motifs is 1. The maximum absolute atomic E-state index is 11.4. The topological polar surface area (TPSA) is 81.4 Å². The van der Waals surface area contributed by atoms with E-state index in [1.807, 2.05) is 0 Å². The summed E-state index contributed by atoms with van der Waals surface area (Å²) in [5.41, 5.74) is 6.63. The standard InChI is InChI=1S/C10H11ClN2O3S/c11-3-7(14)13-10-8(9(12)15)5-1-2-16-4-6(5)17-10/h1-4H2,(H2,12,15)(H,13,14). The van der Waals surface area contributed by atoms with E-state index in [-0.39, 0.29) is 11.8 Å². The molecule has 1 aromatic heterocycles. The van der Waals surface area contributed by atoms with Crippen LogP contribution >= 0.6 is 22.9 Å². The van der Waals surface area contributed by atoms with Crippen molar-refractivity contribution in [1.29, 1.82) is 0 Å². The van der Waals surface area contributed by atoms with Crippen molar-refractivity contribution in [2.24, 2.45) is 5.73 Å². The Labute approximate surface area is 107 Å². The monoisotopic (exact) mass is 274 g/mol. The van der Waals surface area contributed by atoms with Crippen molar-refractivity contribution in [2.75, 3.05) is 17.8 Å². The van der Waals surface area contributed by atoms with E-state index in [4.69, 9.17) is 22.1 Å². The third-order valence-corrected chi connectivity index (χ3v) is 3.80. The molecule has 0 aliphatic carbocycles. The number of nitrogens with one attached hydrogen (secondary N) is 1. The van der Waals surface area contributed by atoms with Gasteiger partial charge in [0.25, 0.3) is 5.91 Å². The van der Waals surface area contributed by atoms with Crippen LogP contribution in [-0.2, 0) is 22.6 Å². The fraction of sp³-hybridized carbons (Fsp3) is 0.400. The van der Waals surface area contributed by atoms with Gasteiger partial charge in [-0.15, -0.1) is 22.9 Å². The van der Waals surface area contributed by atoms with E-state index in [9.17, 15) is 9.59 Å². The Morgan fingerprint density at radius 3 is 2.94 bits per heavy atom. The molecule has 1 aliphatic heterocycles. The van der Waals surface area contributed by atoms with Crippen LogP contribution in [-0.4, -0.2) is 24.3 Å². The number of carbonyl (C=O) groups excluding carboxylic acids is 2. The molecular weight excluding hydrogens is 264 g/mol. The number of primary amides is 1. The van der Waals surface area contributed by atoms with Crippen molar-refractivity contribution in [3.63, 3.8) is 0 Å². The minimum absolute atomic E-state index is 0.155. The summed E-state index contributed by atoms with van der Waals surface area (Å²) >= 11 is 6.73. The predicted molar refractivity (Wildman–Crippen MR) is 65.5 cm³/mol. The number of halogens is 1. The molecule has 0 aromatic carbocycles. The van der Waals surface area contributed by atoms with Crippen molar-refractivity contribution in [3.05, 3.63) is 16.0 Å². The summed E-state index contributed by atoms with van der Waals surface area (Å²) in [4.78, 5) is 23.6. The van der Waals surface area contributed by atoms with Gasteiger partial charge in [0.05, 0.1) is 18.8 Å². The number of thiophene rings is 1. The molecule has 92 valence electrons. The third-order valence-electron chi connectivity index (χ3n) is 2.44. The number of rotatable bonds is 3. The Kier molecular flexibility index (Phi) is 3.66. The number of carbonyl (C=O) groups is 2. The van der Waals surface area contributed by atoms with Gasteiger partial charge in [0, 0.05) is 4.88 Å². The Hall–Kier alpha value is -1.11. The molecule has 0 atom stereocenters. The van der Waals surface area contributed by atoms with Crippen molar-refractivity contribution in [2.45, 2.75) is 13.0 Å². The molecule has 0 radical (unpaired) electrons. The van der Waals surface area contributed by atoms with E-state index < -0.39 is 5.91 Å². The molecular formula is C10H11ClN2O3S. The first kappa shape index (κ1) is 12.3. The summed E-state index contributed by atoms with van der Waals surface area (Å²) in [5, 5.41) is 3.06. The maximum Gasteiger partial charge on any atom is 0.251 e. The number of ether oxygens (including phenoxy) is 1. The normalized spacial score (nSPS) is 14.2. The highest BCUT2D eigenvalue weighted by Crippen LogP contribution is 2.36. The quantitative estimate of drug-likeness (QED) is 0.810. The van der Waals surface area contributed by atoms with Crippen molar-refractivity contribution in [1.82, 2.24) is 0 Å². The zero-order valence-corrected chi connectivity index (χ0v) is 10.5. The molecule has 2 amide bonds. The molecule has 0 saturated carbocycles. The number of alkyl halides is 1. The number of amides is 2. The fourth-order valence-corrected chi connectivity index (χ4v) is 3.01. The SMILES string of the molecule is NC(=O)c1c(NC(=O)CCl)sc2c1CCOC2. The van der Waals surface area contributed by atoms with Gasteiger partial charge in [0.15, 0.2) is 0 Å². The van der Waals surface area contributed by atoms with Gasteiger partial charge in [0.2, 0.25) is 5.91 Å². The Morgan fingerprint density at radius 1 is 1.53 bits per heavy atom. The molecule has 3 N–H and O–H groups in total. The molecule has 2 rings (SSSR count). The molecule has 1 aromatic rings. The van der Waals surface area contributed by atoms with Crippen LogP contribution in [0, 0.1) is 0 Å². The molecule has 0 bridgehead atoms. The van der Waals surface area contributed by atoms with Gasteiger partial charge >= 0.3 is 0 Å². The zero-order valence-electron chi connectivity index (χ0n) is 8.92. The van der Waals surface area contributed by atoms with Crippen molar-refractivity contribution >= 4 is 39.8 Å². The van der Waals surface area contributed by atoms with E-state index in [1.165, 1.54) is 11.3 Å². The van der Waals surface area contributed by atoms with Crippen LogP contribution in [0.1, 0.15) is 20.8 Å². The molecule has 5 nitrogen and oxygen atoms in total. The summed E-state index contributed by atoms with van der Waals surface area (Å²) in [7, 11) is 0. The first-order valence-corrected chi connectivity index (χ1v) is 6.36. The van der Waals surface area contributed by atoms with Crippen LogP contribution in [0.2, 0.25) is 0 Å². The van der Waals surface area contributed by atoms with Crippen LogP contribution in [0.5, 0.6) is 0 Å². The van der Waals surface area contributed by atoms with E-state index in [0.717, 1.165) is 10.4 Å². The Balaban J connectivity index is 2.40. The molecule has 0 fully saturated rings. The highest BCUT2D eigenvalue weighted by molar-refractivity contribution is 7.17. The summed E-state index contributed by atoms with van der Waals surface area (Å²) in [5.74, 6) is -1.04. The van der Waals surface area contributed by atoms with E-state index in [0.29, 0.717) is 30.2 Å². The number of anilines is 1. The fourth-order valence-electron chi connectivity index (χ4n) is 1.74. The van der Waals surface area contributed by atoms with Gasteiger partial charge in [0.1, 0.15) is 10.9 Å². The van der Waals surface area contributed by atoms with E-state index >= 15 is 0 Å². The summed E-state index contributed by atoms with van der Waals surface area (Å²) in [6, 6.07) is 0. The van der Waals surface area contributed by atoms with Gasteiger partial charge in [-0.2, -0.15) is 0 Å². The van der Waals surface area contributed by atoms with Gasteiger partial charge in [-0.25, -0.2) is 0 Å². The van der Waals surface area contributed by atoms with Crippen molar-refractivity contribution < 1.29 is 14.3 Å². The highest BCUT2D eigenvalue weighted by Gasteiger charge is 2.25. The minimum Gasteiger partial charge on any atom is -0.376 e. The lowest BCUT2D eigenvalue weighted by molar-refractivity contribution is -0.113. The molecule has 0 unspecified atom stereocenters. The highest BCUT2D eigenvalue weighted by atomic mass is 35.5. The lowest BCUT2D eigenvalue weighted by Gasteiger charge is -2.12. The second-order valence-corrected chi connectivity index (χ2v) is 4.93. The summed E-state index contributed by atoms with van der Waals surface area (Å²) in [6.07, 6.45) is 0.640. The number of nitrogens with two attached hydrogens (primary N) is 1. The summed E-state index contributed by atoms with van der Waals surface area (Å²) < 4.78 is 5.29. The molecule has 7 heteroatoms. The predicted octanol–water partition coefficient (Wildman–Crippen LogP) is 1.10. The van der Waals surface area contributed by atoms with Crippen LogP contribution in [0.4, 0.5) is 5.00 Å². The van der Waals surface area contributed by atoms with Gasteiger partial charge < -0.3 is 15.8 Å². The summed E-state index contributed by atoms with van der Waals surface area (Å²) in [6.45, 7) is 1.02. The average molecular weight is 275 g/mol. The van der Waals surface area contributed by atoms with Crippen LogP contribution in [0.3, 0.4) is 0 Å². The van der Waals surface area contributed by atoms with Crippen LogP contribution in [0.15, 0.2) is 0 Å². The smallest absolute Gasteiger partial charge is 0.251 e. The van der Waals surface area contributed by atoms with Gasteiger partial charge in [-0.1, -0.05) is 0 Å². The Bertz CT molecular complexity index is 472. The lowest BCUT2D eigenvalue weighted by atomic mass is 10.1. The first-order valence-electron chi connectivity index (χ1n) is 5.01. The van der Waals surface area contributed by atoms with E-state index in [2.05, 4.69) is 5.32 Å². The number of hydrogen-bond acceptors (Lipinski definition) is 4. The zero-order chi connectivity index (χ0) is 12.4.